The SMILES string of the molecule is Cc1cc(C(=O)NCC2CCCC2CBr)ccc1Br. The van der Waals surface area contributed by atoms with E-state index in [4.69, 9.17) is 0 Å². The van der Waals surface area contributed by atoms with E-state index in [0.29, 0.717) is 11.8 Å². The van der Waals surface area contributed by atoms with Crippen LogP contribution in [0, 0.1) is 18.8 Å². The van der Waals surface area contributed by atoms with Crippen LogP contribution in [0.15, 0.2) is 22.7 Å². The highest BCUT2D eigenvalue weighted by molar-refractivity contribution is 9.10. The van der Waals surface area contributed by atoms with E-state index in [1.54, 1.807) is 0 Å². The number of alkyl halides is 1. The third-order valence-corrected chi connectivity index (χ3v) is 5.68. The van der Waals surface area contributed by atoms with Crippen LogP contribution in [-0.2, 0) is 0 Å². The summed E-state index contributed by atoms with van der Waals surface area (Å²) in [5.41, 5.74) is 1.83. The first-order valence-corrected chi connectivity index (χ1v) is 8.63. The lowest BCUT2D eigenvalue weighted by atomic mass is 9.98. The molecular formula is C15H19Br2NO. The van der Waals surface area contributed by atoms with Crippen molar-refractivity contribution >= 4 is 37.8 Å². The molecule has 2 atom stereocenters. The van der Waals surface area contributed by atoms with Crippen molar-refractivity contribution in [3.05, 3.63) is 33.8 Å². The highest BCUT2D eigenvalue weighted by Crippen LogP contribution is 2.32. The van der Waals surface area contributed by atoms with Crippen molar-refractivity contribution in [1.29, 1.82) is 0 Å². The van der Waals surface area contributed by atoms with Crippen LogP contribution in [0.2, 0.25) is 0 Å². The smallest absolute Gasteiger partial charge is 0.251 e. The summed E-state index contributed by atoms with van der Waals surface area (Å²) in [6, 6.07) is 5.72. The van der Waals surface area contributed by atoms with Gasteiger partial charge in [0.2, 0.25) is 0 Å². The zero-order valence-corrected chi connectivity index (χ0v) is 14.3. The van der Waals surface area contributed by atoms with E-state index in [1.165, 1.54) is 19.3 Å². The first-order valence-electron chi connectivity index (χ1n) is 6.72. The standard InChI is InChI=1S/C15H19Br2NO/c1-10-7-11(5-6-14(10)17)15(19)18-9-13-4-2-3-12(13)8-16/h5-7,12-13H,2-4,8-9H2,1H3,(H,18,19). The Hall–Kier alpha value is -0.350. The van der Waals surface area contributed by atoms with Gasteiger partial charge in [0.05, 0.1) is 0 Å². The molecule has 1 saturated carbocycles. The molecule has 0 radical (unpaired) electrons. The van der Waals surface area contributed by atoms with Crippen molar-refractivity contribution in [1.82, 2.24) is 5.32 Å². The number of hydrogen-bond donors (Lipinski definition) is 1. The lowest BCUT2D eigenvalue weighted by Crippen LogP contribution is -2.31. The second-order valence-corrected chi connectivity index (χ2v) is 6.78. The fourth-order valence-corrected chi connectivity index (χ4v) is 3.80. The molecule has 2 rings (SSSR count). The quantitative estimate of drug-likeness (QED) is 0.765. The molecule has 0 aromatic heterocycles. The van der Waals surface area contributed by atoms with E-state index in [2.05, 4.69) is 37.2 Å². The van der Waals surface area contributed by atoms with E-state index in [1.807, 2.05) is 25.1 Å². The minimum atomic E-state index is 0.0378. The Morgan fingerprint density at radius 1 is 1.37 bits per heavy atom. The predicted octanol–water partition coefficient (Wildman–Crippen LogP) is 4.30. The maximum atomic E-state index is 12.1. The molecule has 2 unspecified atom stereocenters. The number of carbonyl (C=O) groups excluding carboxylic acids is 1. The maximum absolute atomic E-state index is 12.1. The monoisotopic (exact) mass is 387 g/mol. The summed E-state index contributed by atoms with van der Waals surface area (Å²) in [6.45, 7) is 2.79. The zero-order chi connectivity index (χ0) is 13.8. The van der Waals surface area contributed by atoms with E-state index < -0.39 is 0 Å². The van der Waals surface area contributed by atoms with Gasteiger partial charge in [-0.05, 0) is 55.4 Å². The Morgan fingerprint density at radius 2 is 2.11 bits per heavy atom. The highest BCUT2D eigenvalue weighted by Gasteiger charge is 2.26. The number of nitrogens with one attached hydrogen (secondary N) is 1. The number of rotatable bonds is 4. The minimum absolute atomic E-state index is 0.0378. The summed E-state index contributed by atoms with van der Waals surface area (Å²) >= 11 is 7.02. The first-order chi connectivity index (χ1) is 9.11. The largest absolute Gasteiger partial charge is 0.352 e. The molecule has 1 N–H and O–H groups in total. The van der Waals surface area contributed by atoms with E-state index in [9.17, 15) is 4.79 Å². The van der Waals surface area contributed by atoms with Gasteiger partial charge in [-0.2, -0.15) is 0 Å². The number of aryl methyl sites for hydroxylation is 1. The fraction of sp³-hybridized carbons (Fsp3) is 0.533. The summed E-state index contributed by atoms with van der Waals surface area (Å²) in [7, 11) is 0. The molecule has 19 heavy (non-hydrogen) atoms. The number of hydrogen-bond acceptors (Lipinski definition) is 1. The molecule has 1 aromatic rings. The molecule has 0 heterocycles. The molecular weight excluding hydrogens is 370 g/mol. The van der Waals surface area contributed by atoms with Crippen LogP contribution in [0.4, 0.5) is 0 Å². The lowest BCUT2D eigenvalue weighted by molar-refractivity contribution is 0.0944. The topological polar surface area (TPSA) is 29.1 Å². The van der Waals surface area contributed by atoms with Crippen LogP contribution in [0.25, 0.3) is 0 Å². The number of amides is 1. The molecule has 0 bridgehead atoms. The number of halogens is 2. The van der Waals surface area contributed by atoms with E-state index in [-0.39, 0.29) is 5.91 Å². The summed E-state index contributed by atoms with van der Waals surface area (Å²) in [4.78, 5) is 12.1. The summed E-state index contributed by atoms with van der Waals surface area (Å²) in [6.07, 6.45) is 3.80. The molecule has 4 heteroatoms. The van der Waals surface area contributed by atoms with Gasteiger partial charge in [-0.1, -0.05) is 38.3 Å². The number of carbonyl (C=O) groups is 1. The Labute approximate surface area is 131 Å². The van der Waals surface area contributed by atoms with Crippen LogP contribution in [0.3, 0.4) is 0 Å². The highest BCUT2D eigenvalue weighted by atomic mass is 79.9. The third-order valence-electron chi connectivity index (χ3n) is 3.96. The van der Waals surface area contributed by atoms with Crippen molar-refractivity contribution in [2.75, 3.05) is 11.9 Å². The van der Waals surface area contributed by atoms with Gasteiger partial charge in [0, 0.05) is 21.9 Å². The molecule has 1 aromatic carbocycles. The van der Waals surface area contributed by atoms with E-state index >= 15 is 0 Å². The maximum Gasteiger partial charge on any atom is 0.251 e. The molecule has 0 spiro atoms. The molecule has 1 aliphatic carbocycles. The second kappa shape index (κ2) is 6.89. The van der Waals surface area contributed by atoms with Gasteiger partial charge in [0.15, 0.2) is 0 Å². The van der Waals surface area contributed by atoms with Crippen LogP contribution in [0.5, 0.6) is 0 Å². The van der Waals surface area contributed by atoms with Gasteiger partial charge in [-0.15, -0.1) is 0 Å². The van der Waals surface area contributed by atoms with Crippen LogP contribution in [-0.4, -0.2) is 17.8 Å². The first kappa shape index (κ1) is 15.0. The number of benzene rings is 1. The average Bonchev–Trinajstić information content (AvgIpc) is 2.86. The lowest BCUT2D eigenvalue weighted by Gasteiger charge is -2.17. The van der Waals surface area contributed by atoms with Gasteiger partial charge in [0.25, 0.3) is 5.91 Å². The van der Waals surface area contributed by atoms with Crippen molar-refractivity contribution < 1.29 is 4.79 Å². The van der Waals surface area contributed by atoms with Crippen molar-refractivity contribution in [3.8, 4) is 0 Å². The van der Waals surface area contributed by atoms with E-state index in [0.717, 1.165) is 27.5 Å². The molecule has 0 saturated heterocycles. The Bertz CT molecular complexity index is 461. The van der Waals surface area contributed by atoms with Gasteiger partial charge in [-0.25, -0.2) is 0 Å². The molecule has 0 aliphatic heterocycles. The molecule has 1 amide bonds. The molecule has 2 nitrogen and oxygen atoms in total. The van der Waals surface area contributed by atoms with Crippen molar-refractivity contribution in [2.45, 2.75) is 26.2 Å². The summed E-state index contributed by atoms with van der Waals surface area (Å²) in [5, 5.41) is 4.12. The zero-order valence-electron chi connectivity index (χ0n) is 11.1. The summed E-state index contributed by atoms with van der Waals surface area (Å²) < 4.78 is 1.04. The average molecular weight is 389 g/mol. The molecule has 104 valence electrons. The molecule has 1 aliphatic rings. The van der Waals surface area contributed by atoms with Gasteiger partial charge < -0.3 is 5.32 Å². The normalized spacial score (nSPS) is 22.5. The van der Waals surface area contributed by atoms with Crippen molar-refractivity contribution in [2.24, 2.45) is 11.8 Å². The molecule has 1 fully saturated rings. The predicted molar refractivity (Wildman–Crippen MR) is 85.8 cm³/mol. The van der Waals surface area contributed by atoms with Crippen LogP contribution >= 0.6 is 31.9 Å². The van der Waals surface area contributed by atoms with Gasteiger partial charge in [0.1, 0.15) is 0 Å². The second-order valence-electron chi connectivity index (χ2n) is 5.28. The minimum Gasteiger partial charge on any atom is -0.352 e. The Morgan fingerprint density at radius 3 is 2.79 bits per heavy atom. The summed E-state index contributed by atoms with van der Waals surface area (Å²) in [5.74, 6) is 1.38. The Kier molecular flexibility index (Phi) is 5.46. The fourth-order valence-electron chi connectivity index (χ4n) is 2.70. The van der Waals surface area contributed by atoms with Crippen LogP contribution in [0.1, 0.15) is 35.2 Å². The van der Waals surface area contributed by atoms with Gasteiger partial charge >= 0.3 is 0 Å². The van der Waals surface area contributed by atoms with Crippen molar-refractivity contribution in [3.63, 3.8) is 0 Å². The van der Waals surface area contributed by atoms with Gasteiger partial charge in [-0.3, -0.25) is 4.79 Å². The van der Waals surface area contributed by atoms with Crippen LogP contribution < -0.4 is 5.32 Å². The Balaban J connectivity index is 1.92. The third kappa shape index (κ3) is 3.82.